The van der Waals surface area contributed by atoms with E-state index < -0.39 is 0 Å². The largest absolute Gasteiger partial charge is 0.282 e. The highest BCUT2D eigenvalue weighted by Crippen LogP contribution is 2.28. The number of nitrogens with zero attached hydrogens (tertiary/aromatic N) is 1. The molecule has 0 N–H and O–H groups in total. The number of aliphatic imine (C=N–C) groups is 1. The van der Waals surface area contributed by atoms with Crippen molar-refractivity contribution in [2.75, 3.05) is 0 Å². The molecule has 0 saturated heterocycles. The van der Waals surface area contributed by atoms with Gasteiger partial charge in [0, 0.05) is 20.8 Å². The molecule has 0 amide bonds. The Hall–Kier alpha value is -1.02. The SMILES string of the molecule is CC(=NC(C)c1ccc(Cl)cc1Cl)c1ccc(Cl)cc1. The van der Waals surface area contributed by atoms with Crippen molar-refractivity contribution in [3.8, 4) is 0 Å². The minimum atomic E-state index is -0.0320. The molecule has 0 bridgehead atoms. The van der Waals surface area contributed by atoms with Gasteiger partial charge >= 0.3 is 0 Å². The molecule has 0 fully saturated rings. The lowest BCUT2D eigenvalue weighted by atomic mass is 10.1. The molecular weight excluding hydrogens is 313 g/mol. The van der Waals surface area contributed by atoms with Crippen LogP contribution in [0.5, 0.6) is 0 Å². The number of hydrogen-bond acceptors (Lipinski definition) is 1. The Balaban J connectivity index is 2.27. The van der Waals surface area contributed by atoms with Crippen molar-refractivity contribution >= 4 is 40.5 Å². The van der Waals surface area contributed by atoms with E-state index >= 15 is 0 Å². The molecular formula is C16H14Cl3N. The second-order valence-electron chi connectivity index (χ2n) is 4.56. The summed E-state index contributed by atoms with van der Waals surface area (Å²) < 4.78 is 0. The van der Waals surface area contributed by atoms with Crippen LogP contribution in [0.15, 0.2) is 47.5 Å². The molecule has 104 valence electrons. The summed E-state index contributed by atoms with van der Waals surface area (Å²) in [6.45, 7) is 3.98. The fourth-order valence-electron chi connectivity index (χ4n) is 1.97. The molecule has 2 aromatic rings. The van der Waals surface area contributed by atoms with Gasteiger partial charge in [-0.05, 0) is 49.2 Å². The topological polar surface area (TPSA) is 12.4 Å². The zero-order valence-corrected chi connectivity index (χ0v) is 13.5. The first-order valence-corrected chi connectivity index (χ1v) is 7.36. The Morgan fingerprint density at radius 3 is 2.15 bits per heavy atom. The molecule has 1 atom stereocenters. The first-order chi connectivity index (χ1) is 9.47. The summed E-state index contributed by atoms with van der Waals surface area (Å²) in [6, 6.07) is 13.1. The molecule has 4 heteroatoms. The number of halogens is 3. The molecule has 0 aliphatic heterocycles. The lowest BCUT2D eigenvalue weighted by molar-refractivity contribution is 0.820. The van der Waals surface area contributed by atoms with Crippen LogP contribution in [0.2, 0.25) is 15.1 Å². The Labute approximate surface area is 134 Å². The quantitative estimate of drug-likeness (QED) is 0.594. The number of rotatable bonds is 3. The highest BCUT2D eigenvalue weighted by Gasteiger charge is 2.09. The van der Waals surface area contributed by atoms with Gasteiger partial charge in [0.2, 0.25) is 0 Å². The maximum Gasteiger partial charge on any atom is 0.0738 e. The van der Waals surface area contributed by atoms with Gasteiger partial charge in [0.05, 0.1) is 6.04 Å². The van der Waals surface area contributed by atoms with E-state index in [1.54, 1.807) is 6.07 Å². The third-order valence-electron chi connectivity index (χ3n) is 3.06. The molecule has 0 spiro atoms. The maximum atomic E-state index is 6.20. The Bertz CT molecular complexity index is 633. The number of benzene rings is 2. The summed E-state index contributed by atoms with van der Waals surface area (Å²) in [4.78, 5) is 4.68. The average Bonchev–Trinajstić information content (AvgIpc) is 2.39. The van der Waals surface area contributed by atoms with E-state index in [9.17, 15) is 0 Å². The van der Waals surface area contributed by atoms with Gasteiger partial charge in [0.25, 0.3) is 0 Å². The molecule has 0 aliphatic carbocycles. The van der Waals surface area contributed by atoms with Crippen LogP contribution < -0.4 is 0 Å². The van der Waals surface area contributed by atoms with Gasteiger partial charge in [-0.1, -0.05) is 53.0 Å². The first-order valence-electron chi connectivity index (χ1n) is 6.22. The molecule has 0 aliphatic rings. The Morgan fingerprint density at radius 1 is 0.950 bits per heavy atom. The molecule has 0 heterocycles. The van der Waals surface area contributed by atoms with Crippen LogP contribution in [0.4, 0.5) is 0 Å². The highest BCUT2D eigenvalue weighted by molar-refractivity contribution is 6.35. The van der Waals surface area contributed by atoms with Crippen LogP contribution in [0, 0.1) is 0 Å². The van der Waals surface area contributed by atoms with Crippen molar-refractivity contribution < 1.29 is 0 Å². The summed E-state index contributed by atoms with van der Waals surface area (Å²) in [5, 5.41) is 1.98. The van der Waals surface area contributed by atoms with E-state index in [0.29, 0.717) is 10.0 Å². The molecule has 2 rings (SSSR count). The summed E-state index contributed by atoms with van der Waals surface area (Å²) in [5.74, 6) is 0. The van der Waals surface area contributed by atoms with Gasteiger partial charge in [0.1, 0.15) is 0 Å². The number of hydrogen-bond donors (Lipinski definition) is 0. The second-order valence-corrected chi connectivity index (χ2v) is 5.84. The van der Waals surface area contributed by atoms with Gasteiger partial charge in [0.15, 0.2) is 0 Å². The van der Waals surface area contributed by atoms with Gasteiger partial charge in [-0.2, -0.15) is 0 Å². The van der Waals surface area contributed by atoms with Crippen molar-refractivity contribution in [2.45, 2.75) is 19.9 Å². The molecule has 0 aromatic heterocycles. The van der Waals surface area contributed by atoms with Crippen molar-refractivity contribution in [1.29, 1.82) is 0 Å². The van der Waals surface area contributed by atoms with E-state index in [1.807, 2.05) is 50.2 Å². The van der Waals surface area contributed by atoms with Crippen molar-refractivity contribution in [2.24, 2.45) is 4.99 Å². The summed E-state index contributed by atoms with van der Waals surface area (Å²) >= 11 is 18.0. The zero-order chi connectivity index (χ0) is 14.7. The fraction of sp³-hybridized carbons (Fsp3) is 0.188. The van der Waals surface area contributed by atoms with Crippen LogP contribution in [-0.4, -0.2) is 5.71 Å². The second kappa shape index (κ2) is 6.62. The van der Waals surface area contributed by atoms with Crippen LogP contribution in [0.25, 0.3) is 0 Å². The van der Waals surface area contributed by atoms with E-state index in [0.717, 1.165) is 21.9 Å². The lowest BCUT2D eigenvalue weighted by Crippen LogP contribution is -1.99. The minimum absolute atomic E-state index is 0.0320. The van der Waals surface area contributed by atoms with E-state index in [1.165, 1.54) is 0 Å². The first kappa shape index (κ1) is 15.4. The smallest absolute Gasteiger partial charge is 0.0738 e. The predicted molar refractivity (Wildman–Crippen MR) is 88.5 cm³/mol. The van der Waals surface area contributed by atoms with Crippen LogP contribution in [0.3, 0.4) is 0 Å². The van der Waals surface area contributed by atoms with Crippen LogP contribution >= 0.6 is 34.8 Å². The summed E-state index contributed by atoms with van der Waals surface area (Å²) in [6.07, 6.45) is 0. The molecule has 0 radical (unpaired) electrons. The Kier molecular flexibility index (Phi) is 5.09. The average molecular weight is 327 g/mol. The zero-order valence-electron chi connectivity index (χ0n) is 11.2. The predicted octanol–water partition coefficient (Wildman–Crippen LogP) is 6.22. The van der Waals surface area contributed by atoms with Crippen molar-refractivity contribution in [1.82, 2.24) is 0 Å². The third kappa shape index (κ3) is 3.76. The van der Waals surface area contributed by atoms with Gasteiger partial charge in [-0.3, -0.25) is 4.99 Å². The van der Waals surface area contributed by atoms with E-state index in [4.69, 9.17) is 34.8 Å². The maximum absolute atomic E-state index is 6.20. The summed E-state index contributed by atoms with van der Waals surface area (Å²) in [7, 11) is 0. The third-order valence-corrected chi connectivity index (χ3v) is 3.88. The standard InChI is InChI=1S/C16H14Cl3N/c1-10(12-3-5-13(17)6-4-12)20-11(2)15-8-7-14(18)9-16(15)19/h3-9,11H,1-2H3. The van der Waals surface area contributed by atoms with E-state index in [2.05, 4.69) is 4.99 Å². The van der Waals surface area contributed by atoms with Gasteiger partial charge in [-0.15, -0.1) is 0 Å². The Morgan fingerprint density at radius 2 is 1.55 bits per heavy atom. The van der Waals surface area contributed by atoms with Gasteiger partial charge < -0.3 is 0 Å². The summed E-state index contributed by atoms with van der Waals surface area (Å²) in [5.41, 5.74) is 2.95. The molecule has 0 saturated carbocycles. The lowest BCUT2D eigenvalue weighted by Gasteiger charge is -2.11. The molecule has 20 heavy (non-hydrogen) atoms. The molecule has 1 unspecified atom stereocenters. The van der Waals surface area contributed by atoms with Crippen LogP contribution in [-0.2, 0) is 0 Å². The molecule has 2 aromatic carbocycles. The monoisotopic (exact) mass is 325 g/mol. The van der Waals surface area contributed by atoms with E-state index in [-0.39, 0.29) is 6.04 Å². The molecule has 1 nitrogen and oxygen atoms in total. The van der Waals surface area contributed by atoms with Crippen molar-refractivity contribution in [3.05, 3.63) is 68.7 Å². The van der Waals surface area contributed by atoms with Crippen LogP contribution in [0.1, 0.15) is 31.0 Å². The van der Waals surface area contributed by atoms with Crippen molar-refractivity contribution in [3.63, 3.8) is 0 Å². The van der Waals surface area contributed by atoms with Gasteiger partial charge in [-0.25, -0.2) is 0 Å². The fourth-order valence-corrected chi connectivity index (χ4v) is 2.66. The highest BCUT2D eigenvalue weighted by atomic mass is 35.5. The normalized spacial score (nSPS) is 13.3. The minimum Gasteiger partial charge on any atom is -0.282 e.